The van der Waals surface area contributed by atoms with Crippen LogP contribution in [-0.4, -0.2) is 25.3 Å². The minimum Gasteiger partial charge on any atom is -0.494 e. The molecule has 0 aliphatic heterocycles. The fourth-order valence-corrected chi connectivity index (χ4v) is 3.65. The molecule has 0 aliphatic carbocycles. The maximum Gasteiger partial charge on any atom is 0.271 e. The van der Waals surface area contributed by atoms with Crippen molar-refractivity contribution in [1.82, 2.24) is 5.43 Å². The molecule has 0 heterocycles. The molecule has 0 bridgehead atoms. The largest absolute Gasteiger partial charge is 0.494 e. The summed E-state index contributed by atoms with van der Waals surface area (Å²) in [6.45, 7) is 5.41. The Morgan fingerprint density at radius 3 is 2.44 bits per heavy atom. The minimum absolute atomic E-state index is 0.315. The van der Waals surface area contributed by atoms with E-state index in [2.05, 4.69) is 26.5 Å². The van der Waals surface area contributed by atoms with Crippen LogP contribution < -0.4 is 19.6 Å². The summed E-state index contributed by atoms with van der Waals surface area (Å²) in [5.74, 6) is 1.57. The standard InChI is InChI=1S/C26H26BrClN2O4/c1-3-13-33-22-11-7-20(8-12-22)26(31)30-29-16-19-14-23(27)25(24(15-19)32-4-2)34-17-18-5-9-21(28)10-6-18/h5-12,14-16H,3-4,13,17H2,1-2H3,(H,30,31)/b29-16+. The Hall–Kier alpha value is -3.03. The van der Waals surface area contributed by atoms with Crippen molar-refractivity contribution >= 4 is 39.7 Å². The number of amides is 1. The topological polar surface area (TPSA) is 69.2 Å². The summed E-state index contributed by atoms with van der Waals surface area (Å²) < 4.78 is 18.0. The monoisotopic (exact) mass is 544 g/mol. The predicted molar refractivity (Wildman–Crippen MR) is 138 cm³/mol. The summed E-state index contributed by atoms with van der Waals surface area (Å²) in [7, 11) is 0. The number of hydrazone groups is 1. The maximum atomic E-state index is 12.4. The predicted octanol–water partition coefficient (Wildman–Crippen LogP) is 6.63. The zero-order valence-electron chi connectivity index (χ0n) is 19.0. The first kappa shape index (κ1) is 25.6. The van der Waals surface area contributed by atoms with Crippen LogP contribution >= 0.6 is 27.5 Å². The lowest BCUT2D eigenvalue weighted by Crippen LogP contribution is -2.17. The van der Waals surface area contributed by atoms with Gasteiger partial charge in [-0.1, -0.05) is 30.7 Å². The van der Waals surface area contributed by atoms with Crippen LogP contribution in [0.1, 0.15) is 41.8 Å². The van der Waals surface area contributed by atoms with Gasteiger partial charge in [0.2, 0.25) is 0 Å². The van der Waals surface area contributed by atoms with Gasteiger partial charge in [-0.2, -0.15) is 5.10 Å². The van der Waals surface area contributed by atoms with E-state index in [-0.39, 0.29) is 5.91 Å². The van der Waals surface area contributed by atoms with Gasteiger partial charge < -0.3 is 14.2 Å². The van der Waals surface area contributed by atoms with Gasteiger partial charge in [0.25, 0.3) is 5.91 Å². The molecule has 3 rings (SSSR count). The number of benzene rings is 3. The van der Waals surface area contributed by atoms with Crippen molar-refractivity contribution in [2.24, 2.45) is 5.10 Å². The van der Waals surface area contributed by atoms with Crippen LogP contribution in [0.4, 0.5) is 0 Å². The number of carbonyl (C=O) groups excluding carboxylic acids is 1. The SMILES string of the molecule is CCCOc1ccc(C(=O)N/N=C/c2cc(Br)c(OCc3ccc(Cl)cc3)c(OCC)c2)cc1. The first-order chi connectivity index (χ1) is 16.5. The van der Waals surface area contributed by atoms with Crippen LogP contribution in [-0.2, 0) is 6.61 Å². The van der Waals surface area contributed by atoms with Gasteiger partial charge in [-0.3, -0.25) is 4.79 Å². The number of nitrogens with one attached hydrogen (secondary N) is 1. The third-order valence-corrected chi connectivity index (χ3v) is 5.44. The van der Waals surface area contributed by atoms with E-state index in [4.69, 9.17) is 25.8 Å². The second-order valence-corrected chi connectivity index (χ2v) is 8.54. The van der Waals surface area contributed by atoms with Gasteiger partial charge in [0.15, 0.2) is 11.5 Å². The first-order valence-electron chi connectivity index (χ1n) is 10.9. The molecule has 178 valence electrons. The molecular weight excluding hydrogens is 520 g/mol. The maximum absolute atomic E-state index is 12.4. The van der Waals surface area contributed by atoms with Crippen LogP contribution in [0, 0.1) is 0 Å². The summed E-state index contributed by atoms with van der Waals surface area (Å²) in [5.41, 5.74) is 4.74. The lowest BCUT2D eigenvalue weighted by molar-refractivity contribution is 0.0955. The Labute approximate surface area is 213 Å². The van der Waals surface area contributed by atoms with Crippen LogP contribution in [0.15, 0.2) is 70.2 Å². The van der Waals surface area contributed by atoms with Gasteiger partial charge in [0.05, 0.1) is 23.9 Å². The molecule has 3 aromatic carbocycles. The molecule has 0 unspecified atom stereocenters. The number of halogens is 2. The van der Waals surface area contributed by atoms with Gasteiger partial charge in [-0.25, -0.2) is 5.43 Å². The van der Waals surface area contributed by atoms with Crippen LogP contribution in [0.5, 0.6) is 17.2 Å². The van der Waals surface area contributed by atoms with Gasteiger partial charge in [0.1, 0.15) is 12.4 Å². The third kappa shape index (κ3) is 7.50. The molecule has 0 spiro atoms. The summed E-state index contributed by atoms with van der Waals surface area (Å²) in [6.07, 6.45) is 2.47. The molecule has 0 aliphatic rings. The van der Waals surface area contributed by atoms with Crippen molar-refractivity contribution in [2.75, 3.05) is 13.2 Å². The molecule has 0 saturated heterocycles. The third-order valence-electron chi connectivity index (χ3n) is 4.60. The van der Waals surface area contributed by atoms with Gasteiger partial charge in [-0.15, -0.1) is 0 Å². The second-order valence-electron chi connectivity index (χ2n) is 7.25. The van der Waals surface area contributed by atoms with E-state index >= 15 is 0 Å². The zero-order chi connectivity index (χ0) is 24.3. The van der Waals surface area contributed by atoms with Crippen molar-refractivity contribution in [2.45, 2.75) is 26.9 Å². The van der Waals surface area contributed by atoms with Crippen LogP contribution in [0.2, 0.25) is 5.02 Å². The summed E-state index contributed by atoms with van der Waals surface area (Å²) in [4.78, 5) is 12.4. The molecule has 0 aromatic heterocycles. The number of hydrogen-bond acceptors (Lipinski definition) is 5. The molecule has 3 aromatic rings. The van der Waals surface area contributed by atoms with Crippen molar-refractivity contribution in [3.63, 3.8) is 0 Å². The Morgan fingerprint density at radius 2 is 1.76 bits per heavy atom. The Morgan fingerprint density at radius 1 is 1.03 bits per heavy atom. The summed E-state index contributed by atoms with van der Waals surface area (Å²) >= 11 is 9.49. The molecule has 0 atom stereocenters. The smallest absolute Gasteiger partial charge is 0.271 e. The highest BCUT2D eigenvalue weighted by Crippen LogP contribution is 2.37. The first-order valence-corrected chi connectivity index (χ1v) is 12.1. The van der Waals surface area contributed by atoms with Crippen molar-refractivity contribution in [3.05, 3.63) is 86.8 Å². The highest BCUT2D eigenvalue weighted by atomic mass is 79.9. The molecule has 0 radical (unpaired) electrons. The molecule has 6 nitrogen and oxygen atoms in total. The van der Waals surface area contributed by atoms with E-state index in [9.17, 15) is 4.79 Å². The van der Waals surface area contributed by atoms with E-state index < -0.39 is 0 Å². The van der Waals surface area contributed by atoms with Gasteiger partial charge in [0, 0.05) is 10.6 Å². The molecule has 34 heavy (non-hydrogen) atoms. The average molecular weight is 546 g/mol. The lowest BCUT2D eigenvalue weighted by Gasteiger charge is -2.14. The van der Waals surface area contributed by atoms with Gasteiger partial charge in [-0.05, 0) is 88.9 Å². The average Bonchev–Trinajstić information content (AvgIpc) is 2.84. The fraction of sp³-hybridized carbons (Fsp3) is 0.231. The number of nitrogens with zero attached hydrogens (tertiary/aromatic N) is 1. The quantitative estimate of drug-likeness (QED) is 0.217. The highest BCUT2D eigenvalue weighted by molar-refractivity contribution is 9.10. The second kappa shape index (κ2) is 13.0. The summed E-state index contributed by atoms with van der Waals surface area (Å²) in [5, 5.41) is 4.75. The molecule has 1 N–H and O–H groups in total. The zero-order valence-corrected chi connectivity index (χ0v) is 21.4. The van der Waals surface area contributed by atoms with E-state index in [1.807, 2.05) is 44.2 Å². The molecule has 1 amide bonds. The highest BCUT2D eigenvalue weighted by Gasteiger charge is 2.12. The normalized spacial score (nSPS) is 10.8. The Balaban J connectivity index is 1.65. The van der Waals surface area contributed by atoms with E-state index in [0.29, 0.717) is 46.4 Å². The van der Waals surface area contributed by atoms with Gasteiger partial charge >= 0.3 is 0 Å². The van der Waals surface area contributed by atoms with Crippen LogP contribution in [0.3, 0.4) is 0 Å². The van der Waals surface area contributed by atoms with E-state index in [1.54, 1.807) is 36.5 Å². The molecule has 8 heteroatoms. The fourth-order valence-electron chi connectivity index (χ4n) is 2.95. The van der Waals surface area contributed by atoms with Crippen LogP contribution in [0.25, 0.3) is 0 Å². The van der Waals surface area contributed by atoms with Crippen molar-refractivity contribution in [1.29, 1.82) is 0 Å². The summed E-state index contributed by atoms with van der Waals surface area (Å²) in [6, 6.07) is 18.0. The van der Waals surface area contributed by atoms with E-state index in [1.165, 1.54) is 0 Å². The van der Waals surface area contributed by atoms with Crippen molar-refractivity contribution < 1.29 is 19.0 Å². The molecule has 0 fully saturated rings. The molecule has 0 saturated carbocycles. The number of rotatable bonds is 11. The number of carbonyl (C=O) groups is 1. The number of ether oxygens (including phenoxy) is 3. The Kier molecular flexibility index (Phi) is 9.79. The molecular formula is C26H26BrClN2O4. The Bertz CT molecular complexity index is 1120. The minimum atomic E-state index is -0.315. The number of hydrogen-bond donors (Lipinski definition) is 1. The van der Waals surface area contributed by atoms with Crippen molar-refractivity contribution in [3.8, 4) is 17.2 Å². The lowest BCUT2D eigenvalue weighted by atomic mass is 10.2. The van der Waals surface area contributed by atoms with E-state index in [0.717, 1.165) is 23.3 Å².